The molecule has 126 valence electrons. The van der Waals surface area contributed by atoms with Crippen LogP contribution in [0.1, 0.15) is 98.2 Å². The van der Waals surface area contributed by atoms with E-state index in [1.165, 1.54) is 70.6 Å². The van der Waals surface area contributed by atoms with Crippen LogP contribution in [0.2, 0.25) is 0 Å². The van der Waals surface area contributed by atoms with Crippen LogP contribution in [0, 0.1) is 0 Å². The van der Waals surface area contributed by atoms with Crippen LogP contribution in [-0.2, 0) is 7.86 Å². The second-order valence-corrected chi connectivity index (χ2v) is 6.22. The molecule has 0 saturated carbocycles. The monoisotopic (exact) mass is 448 g/mol. The molecule has 0 fully saturated rings. The summed E-state index contributed by atoms with van der Waals surface area (Å²) in [6.45, 7) is 2.27. The zero-order chi connectivity index (χ0) is 15.6. The Labute approximate surface area is 196 Å². The fourth-order valence-corrected chi connectivity index (χ4v) is 2.60. The van der Waals surface area contributed by atoms with Crippen molar-refractivity contribution in [3.63, 3.8) is 0 Å². The van der Waals surface area contributed by atoms with Crippen molar-refractivity contribution in [2.45, 2.75) is 96.8 Å². The molecule has 0 radical (unpaired) electrons. The Balaban J connectivity index is -0.00000200. The van der Waals surface area contributed by atoms with E-state index < -0.39 is 0 Å². The Hall–Kier alpha value is 1.58. The molecule has 0 heterocycles. The average molecular weight is 448 g/mol. The van der Waals surface area contributed by atoms with Crippen molar-refractivity contribution in [1.29, 1.82) is 0 Å². The normalized spacial score (nSPS) is 10.6. The van der Waals surface area contributed by atoms with Gasteiger partial charge in [0.25, 0.3) is 0 Å². The Morgan fingerprint density at radius 1 is 0.864 bits per heavy atom. The molecule has 0 aromatic rings. The molecule has 2 nitrogen and oxygen atoms in total. The summed E-state index contributed by atoms with van der Waals surface area (Å²) in [5.74, 6) is -0.0896. The quantitative estimate of drug-likeness (QED) is 0.164. The van der Waals surface area contributed by atoms with Gasteiger partial charge in [-0.1, -0.05) is 70.4 Å². The largest absolute Gasteiger partial charge is 1.00 e. The van der Waals surface area contributed by atoms with Crippen LogP contribution in [0.15, 0.2) is 12.2 Å². The van der Waals surface area contributed by atoms with Crippen molar-refractivity contribution in [2.24, 2.45) is 0 Å². The van der Waals surface area contributed by atoms with Gasteiger partial charge in [0.1, 0.15) is 0 Å². The Morgan fingerprint density at radius 3 is 1.82 bits per heavy atom. The van der Waals surface area contributed by atoms with Gasteiger partial charge in [0.2, 0.25) is 0 Å². The number of hydrogen-bond donors (Lipinski definition) is 0. The Bertz CT molecular complexity index is 263. The van der Waals surface area contributed by atoms with E-state index in [1.54, 1.807) is 23.0 Å². The summed E-state index contributed by atoms with van der Waals surface area (Å²) in [5, 5.41) is 0. The first kappa shape index (κ1) is 25.8. The number of unbranched alkanes of at least 4 members (excludes halogenated alkanes) is 11. The van der Waals surface area contributed by atoms with E-state index in [0.717, 1.165) is 12.8 Å². The molecule has 0 aromatic heterocycles. The molecule has 22 heavy (non-hydrogen) atoms. The van der Waals surface area contributed by atoms with Gasteiger partial charge in [0.05, 0.1) is 0 Å². The number of carbonyl (C=O) groups is 1. The van der Waals surface area contributed by atoms with Crippen LogP contribution in [0.4, 0.5) is 0 Å². The van der Waals surface area contributed by atoms with E-state index in [2.05, 4.69) is 22.1 Å². The second-order valence-electron chi connectivity index (χ2n) is 5.78. The minimum atomic E-state index is -0.0896. The second kappa shape index (κ2) is 22.6. The topological polar surface area (TPSA) is 26.3 Å². The number of carbonyl (C=O) groups excluding carboxylic acids is 1. The standard InChI is InChI=1S/C18H33IO2.K.H/c1-2-3-4-5-6-7-8-9-10-11-12-13-14-15-16-17-18(20)21-19;;/h9-10H,2-8,11-17H2,1H3;;/q;+1;-1/b10-9-;;. The van der Waals surface area contributed by atoms with E-state index >= 15 is 0 Å². The molecule has 0 saturated heterocycles. The van der Waals surface area contributed by atoms with Crippen molar-refractivity contribution in [2.75, 3.05) is 0 Å². The third-order valence-electron chi connectivity index (χ3n) is 3.73. The first-order chi connectivity index (χ1) is 10.3. The molecule has 0 unspecified atom stereocenters. The van der Waals surface area contributed by atoms with Gasteiger partial charge >= 0.3 is 57.4 Å². The summed E-state index contributed by atoms with van der Waals surface area (Å²) >= 11 is 1.66. The van der Waals surface area contributed by atoms with Crippen molar-refractivity contribution in [3.05, 3.63) is 12.2 Å². The van der Waals surface area contributed by atoms with Crippen LogP contribution in [0.3, 0.4) is 0 Å². The van der Waals surface area contributed by atoms with E-state index in [0.29, 0.717) is 6.42 Å². The van der Waals surface area contributed by atoms with Crippen LogP contribution >= 0.6 is 23.0 Å². The molecule has 0 bridgehead atoms. The minimum absolute atomic E-state index is 0. The number of hydrogen-bond acceptors (Lipinski definition) is 2. The van der Waals surface area contributed by atoms with Crippen molar-refractivity contribution in [3.8, 4) is 0 Å². The number of halogens is 1. The summed E-state index contributed by atoms with van der Waals surface area (Å²) in [5.41, 5.74) is 0. The van der Waals surface area contributed by atoms with E-state index in [9.17, 15) is 4.79 Å². The molecular formula is C18H34IKO2. The molecule has 0 aliphatic rings. The smallest absolute Gasteiger partial charge is 1.00 e. The third-order valence-corrected chi connectivity index (χ3v) is 4.22. The van der Waals surface area contributed by atoms with Gasteiger partial charge in [0.15, 0.2) is 23.0 Å². The molecule has 0 aromatic carbocycles. The first-order valence-corrected chi connectivity index (χ1v) is 9.65. The molecule has 0 aliphatic heterocycles. The summed E-state index contributed by atoms with van der Waals surface area (Å²) in [4.78, 5) is 10.9. The van der Waals surface area contributed by atoms with Crippen molar-refractivity contribution < 1.29 is 60.7 Å². The van der Waals surface area contributed by atoms with Crippen molar-refractivity contribution in [1.82, 2.24) is 0 Å². The van der Waals surface area contributed by atoms with Gasteiger partial charge < -0.3 is 4.49 Å². The van der Waals surface area contributed by atoms with Gasteiger partial charge in [-0.05, 0) is 32.1 Å². The van der Waals surface area contributed by atoms with E-state index in [4.69, 9.17) is 0 Å². The fourth-order valence-electron chi connectivity index (χ4n) is 2.38. The zero-order valence-electron chi connectivity index (χ0n) is 15.7. The van der Waals surface area contributed by atoms with Crippen LogP contribution in [-0.4, -0.2) is 5.97 Å². The molecule has 0 atom stereocenters. The zero-order valence-corrected chi connectivity index (χ0v) is 20.0. The maximum atomic E-state index is 10.9. The Kier molecular flexibility index (Phi) is 26.5. The van der Waals surface area contributed by atoms with E-state index in [-0.39, 0.29) is 58.8 Å². The molecule has 0 rings (SSSR count). The van der Waals surface area contributed by atoms with Crippen molar-refractivity contribution >= 4 is 29.0 Å². The first-order valence-electron chi connectivity index (χ1n) is 8.77. The molecule has 0 spiro atoms. The summed E-state index contributed by atoms with van der Waals surface area (Å²) in [6.07, 6.45) is 22.0. The molecule has 0 amide bonds. The van der Waals surface area contributed by atoms with Crippen LogP contribution in [0.5, 0.6) is 0 Å². The fraction of sp³-hybridized carbons (Fsp3) is 0.833. The van der Waals surface area contributed by atoms with Gasteiger partial charge in [-0.2, -0.15) is 0 Å². The maximum Gasteiger partial charge on any atom is 1.00 e. The molecular weight excluding hydrogens is 414 g/mol. The van der Waals surface area contributed by atoms with Gasteiger partial charge in [0, 0.05) is 6.42 Å². The number of rotatable bonds is 15. The van der Waals surface area contributed by atoms with Crippen LogP contribution < -0.4 is 51.4 Å². The predicted molar refractivity (Wildman–Crippen MR) is 101 cm³/mol. The predicted octanol–water partition coefficient (Wildman–Crippen LogP) is 4.03. The maximum absolute atomic E-state index is 10.9. The minimum Gasteiger partial charge on any atom is -1.00 e. The summed E-state index contributed by atoms with van der Waals surface area (Å²) < 4.78 is 4.59. The third kappa shape index (κ3) is 21.6. The number of allylic oxidation sites excluding steroid dienone is 2. The van der Waals surface area contributed by atoms with Gasteiger partial charge in [-0.25, -0.2) is 0 Å². The summed E-state index contributed by atoms with van der Waals surface area (Å²) in [7, 11) is 0. The molecule has 4 heteroatoms. The SMILES string of the molecule is CCCCCCCC/C=C\CCCCCCCC(=O)OI.[H-].[K+]. The average Bonchev–Trinajstić information content (AvgIpc) is 2.50. The van der Waals surface area contributed by atoms with Crippen LogP contribution in [0.25, 0.3) is 0 Å². The van der Waals surface area contributed by atoms with Gasteiger partial charge in [-0.15, -0.1) is 0 Å². The molecule has 0 aliphatic carbocycles. The Morgan fingerprint density at radius 2 is 1.32 bits per heavy atom. The van der Waals surface area contributed by atoms with Gasteiger partial charge in [-0.3, -0.25) is 4.79 Å². The summed E-state index contributed by atoms with van der Waals surface area (Å²) in [6, 6.07) is 0. The van der Waals surface area contributed by atoms with E-state index in [1.807, 2.05) is 0 Å². The molecule has 0 N–H and O–H groups in total.